The number of aliphatic carboxylic acids is 1. The summed E-state index contributed by atoms with van der Waals surface area (Å²) in [5.41, 5.74) is 0.307. The zero-order valence-corrected chi connectivity index (χ0v) is 15.7. The first-order valence-corrected chi connectivity index (χ1v) is 8.52. The highest BCUT2D eigenvalue weighted by Gasteiger charge is 2.25. The summed E-state index contributed by atoms with van der Waals surface area (Å²) in [4.78, 5) is 34.9. The van der Waals surface area contributed by atoms with Gasteiger partial charge in [0.1, 0.15) is 17.7 Å². The lowest BCUT2D eigenvalue weighted by molar-refractivity contribution is -0.148. The van der Waals surface area contributed by atoms with E-state index in [0.29, 0.717) is 6.42 Å². The van der Waals surface area contributed by atoms with Gasteiger partial charge in [0.05, 0.1) is 0 Å². The van der Waals surface area contributed by atoms with E-state index < -0.39 is 29.7 Å². The maximum atomic E-state index is 11.9. The normalized spacial score (nSPS) is 13.4. The van der Waals surface area contributed by atoms with Gasteiger partial charge in [-0.2, -0.15) is 0 Å². The first-order chi connectivity index (χ1) is 12.1. The molecule has 0 saturated carbocycles. The summed E-state index contributed by atoms with van der Waals surface area (Å²) >= 11 is 0. The lowest BCUT2D eigenvalue weighted by Gasteiger charge is -2.22. The van der Waals surface area contributed by atoms with E-state index in [4.69, 9.17) is 9.47 Å². The Kier molecular flexibility index (Phi) is 8.09. The second-order valence-corrected chi connectivity index (χ2v) is 7.07. The van der Waals surface area contributed by atoms with Crippen molar-refractivity contribution in [2.24, 2.45) is 0 Å². The molecule has 1 aromatic rings. The van der Waals surface area contributed by atoms with Crippen LogP contribution in [0.2, 0.25) is 0 Å². The topological polar surface area (TPSA) is 102 Å². The molecule has 0 heterocycles. The monoisotopic (exact) mass is 365 g/mol. The van der Waals surface area contributed by atoms with Gasteiger partial charge in [0.2, 0.25) is 0 Å². The van der Waals surface area contributed by atoms with Gasteiger partial charge in [-0.05, 0) is 39.7 Å². The van der Waals surface area contributed by atoms with Gasteiger partial charge in [-0.3, -0.25) is 4.79 Å². The molecule has 0 radical (unpaired) electrons. The van der Waals surface area contributed by atoms with Gasteiger partial charge in [-0.25, -0.2) is 9.59 Å². The summed E-state index contributed by atoms with van der Waals surface area (Å²) in [7, 11) is 0. The van der Waals surface area contributed by atoms with Crippen LogP contribution in [-0.4, -0.2) is 40.9 Å². The minimum absolute atomic E-state index is 0.0779. The number of hydrogen-bond donors (Lipinski definition) is 2. The Hall–Kier alpha value is -2.57. The second kappa shape index (κ2) is 9.79. The minimum Gasteiger partial charge on any atom is -0.480 e. The molecule has 2 unspecified atom stereocenters. The maximum Gasteiger partial charge on any atom is 0.408 e. The van der Waals surface area contributed by atoms with Gasteiger partial charge in [-0.15, -0.1) is 0 Å². The van der Waals surface area contributed by atoms with Crippen LogP contribution in [-0.2, 0) is 25.5 Å². The predicted molar refractivity (Wildman–Crippen MR) is 95.7 cm³/mol. The SMILES string of the molecule is CC(Cc1ccccc1)OC(=O)CCC(NC(=O)OC(C)(C)C)C(=O)O. The Bertz CT molecular complexity index is 608. The van der Waals surface area contributed by atoms with E-state index in [1.54, 1.807) is 27.7 Å². The Balaban J connectivity index is 2.44. The Morgan fingerprint density at radius 1 is 1.15 bits per heavy atom. The van der Waals surface area contributed by atoms with Gasteiger partial charge in [0.25, 0.3) is 0 Å². The third-order valence-electron chi connectivity index (χ3n) is 3.32. The van der Waals surface area contributed by atoms with Crippen molar-refractivity contribution in [3.8, 4) is 0 Å². The van der Waals surface area contributed by atoms with Crippen molar-refractivity contribution < 1.29 is 29.0 Å². The summed E-state index contributed by atoms with van der Waals surface area (Å²) in [6, 6.07) is 8.38. The smallest absolute Gasteiger partial charge is 0.408 e. The van der Waals surface area contributed by atoms with Crippen molar-refractivity contribution in [3.63, 3.8) is 0 Å². The Labute approximate surface area is 153 Å². The third kappa shape index (κ3) is 9.05. The van der Waals surface area contributed by atoms with Gasteiger partial charge >= 0.3 is 18.0 Å². The first-order valence-electron chi connectivity index (χ1n) is 8.52. The van der Waals surface area contributed by atoms with E-state index in [0.717, 1.165) is 5.56 Å². The van der Waals surface area contributed by atoms with Crippen molar-refractivity contribution in [3.05, 3.63) is 35.9 Å². The molecule has 7 nitrogen and oxygen atoms in total. The molecular formula is C19H27NO6. The number of carbonyl (C=O) groups excluding carboxylic acids is 2. The molecule has 1 aromatic carbocycles. The first kappa shape index (κ1) is 21.5. The second-order valence-electron chi connectivity index (χ2n) is 7.07. The average molecular weight is 365 g/mol. The molecule has 0 spiro atoms. The molecule has 2 atom stereocenters. The number of esters is 1. The van der Waals surface area contributed by atoms with Crippen molar-refractivity contribution in [1.29, 1.82) is 0 Å². The minimum atomic E-state index is -1.24. The molecule has 2 N–H and O–H groups in total. The summed E-state index contributed by atoms with van der Waals surface area (Å²) < 4.78 is 10.3. The average Bonchev–Trinajstić information content (AvgIpc) is 2.50. The Morgan fingerprint density at radius 3 is 2.31 bits per heavy atom. The zero-order valence-electron chi connectivity index (χ0n) is 15.7. The standard InChI is InChI=1S/C19H27NO6/c1-13(12-14-8-6-5-7-9-14)25-16(21)11-10-15(17(22)23)20-18(24)26-19(2,3)4/h5-9,13,15H,10-12H2,1-4H3,(H,20,24)(H,22,23). The van der Waals surface area contributed by atoms with E-state index in [1.165, 1.54) is 0 Å². The van der Waals surface area contributed by atoms with Crippen LogP contribution in [0.1, 0.15) is 46.1 Å². The number of carboxylic acids is 1. The summed E-state index contributed by atoms with van der Waals surface area (Å²) in [6.07, 6.45) is -0.787. The highest BCUT2D eigenvalue weighted by atomic mass is 16.6. The quantitative estimate of drug-likeness (QED) is 0.687. The lowest BCUT2D eigenvalue weighted by atomic mass is 10.1. The number of carbonyl (C=O) groups is 3. The molecule has 1 rings (SSSR count). The summed E-state index contributed by atoms with van der Waals surface area (Å²) in [5.74, 6) is -1.74. The van der Waals surface area contributed by atoms with Crippen LogP contribution in [0.25, 0.3) is 0 Å². The van der Waals surface area contributed by atoms with E-state index in [9.17, 15) is 19.5 Å². The highest BCUT2D eigenvalue weighted by molar-refractivity contribution is 5.80. The van der Waals surface area contributed by atoms with Crippen LogP contribution in [0.3, 0.4) is 0 Å². The van der Waals surface area contributed by atoms with Crippen molar-refractivity contribution in [2.45, 2.75) is 64.7 Å². The molecule has 1 amide bonds. The zero-order chi connectivity index (χ0) is 19.7. The van der Waals surface area contributed by atoms with E-state index in [2.05, 4.69) is 5.32 Å². The molecular weight excluding hydrogens is 338 g/mol. The van der Waals surface area contributed by atoms with Crippen LogP contribution in [0.4, 0.5) is 4.79 Å². The molecule has 26 heavy (non-hydrogen) atoms. The number of carboxylic acid groups (broad SMARTS) is 1. The van der Waals surface area contributed by atoms with Crippen LogP contribution in [0.5, 0.6) is 0 Å². The van der Waals surface area contributed by atoms with Crippen LogP contribution in [0.15, 0.2) is 30.3 Å². The van der Waals surface area contributed by atoms with Gasteiger partial charge < -0.3 is 19.9 Å². The number of nitrogens with one attached hydrogen (secondary N) is 1. The van der Waals surface area contributed by atoms with Crippen molar-refractivity contribution >= 4 is 18.0 Å². The molecule has 7 heteroatoms. The summed E-state index contributed by atoms with van der Waals surface area (Å²) in [6.45, 7) is 6.80. The van der Waals surface area contributed by atoms with E-state index in [-0.39, 0.29) is 18.9 Å². The predicted octanol–water partition coefficient (Wildman–Crippen LogP) is 2.92. The van der Waals surface area contributed by atoms with Crippen molar-refractivity contribution in [2.75, 3.05) is 0 Å². The molecule has 0 aliphatic heterocycles. The molecule has 144 valence electrons. The van der Waals surface area contributed by atoms with Crippen molar-refractivity contribution in [1.82, 2.24) is 5.32 Å². The van der Waals surface area contributed by atoms with E-state index in [1.807, 2.05) is 30.3 Å². The fourth-order valence-corrected chi connectivity index (χ4v) is 2.24. The Morgan fingerprint density at radius 2 is 1.77 bits per heavy atom. The number of benzene rings is 1. The van der Waals surface area contributed by atoms with Crippen LogP contribution in [0, 0.1) is 0 Å². The molecule has 0 aliphatic rings. The number of alkyl carbamates (subject to hydrolysis) is 1. The summed E-state index contributed by atoms with van der Waals surface area (Å²) in [5, 5.41) is 11.4. The number of hydrogen-bond acceptors (Lipinski definition) is 5. The van der Waals surface area contributed by atoms with Gasteiger partial charge in [0, 0.05) is 12.8 Å². The highest BCUT2D eigenvalue weighted by Crippen LogP contribution is 2.10. The molecule has 0 aromatic heterocycles. The van der Waals surface area contributed by atoms with E-state index >= 15 is 0 Å². The number of rotatable bonds is 8. The fraction of sp³-hybridized carbons (Fsp3) is 0.526. The van der Waals surface area contributed by atoms with Gasteiger partial charge in [-0.1, -0.05) is 30.3 Å². The third-order valence-corrected chi connectivity index (χ3v) is 3.32. The maximum absolute atomic E-state index is 11.9. The number of amides is 1. The fourth-order valence-electron chi connectivity index (χ4n) is 2.24. The molecule has 0 saturated heterocycles. The number of ether oxygens (including phenoxy) is 2. The molecule has 0 bridgehead atoms. The lowest BCUT2D eigenvalue weighted by Crippen LogP contribution is -2.43. The van der Waals surface area contributed by atoms with Crippen LogP contribution < -0.4 is 5.32 Å². The van der Waals surface area contributed by atoms with Crippen LogP contribution >= 0.6 is 0 Å². The van der Waals surface area contributed by atoms with Gasteiger partial charge in [0.15, 0.2) is 0 Å². The molecule has 0 aliphatic carbocycles. The largest absolute Gasteiger partial charge is 0.480 e. The molecule has 0 fully saturated rings.